The van der Waals surface area contributed by atoms with Crippen LogP contribution in [-0.4, -0.2) is 48.7 Å². The Kier molecular flexibility index (Phi) is 4.64. The van der Waals surface area contributed by atoms with Crippen LogP contribution in [0.15, 0.2) is 0 Å². The fourth-order valence-corrected chi connectivity index (χ4v) is 1.40. The first-order valence-electron chi connectivity index (χ1n) is 5.48. The summed E-state index contributed by atoms with van der Waals surface area (Å²) in [6, 6.07) is -0.904. The number of urea groups is 1. The Hall–Kier alpha value is -2.12. The summed E-state index contributed by atoms with van der Waals surface area (Å²) in [6.45, 7) is 3.06. The number of nitrogens with one attached hydrogen (secondary N) is 1. The summed E-state index contributed by atoms with van der Waals surface area (Å²) in [6.07, 6.45) is -1.10. The van der Waals surface area contributed by atoms with Gasteiger partial charge < -0.3 is 14.8 Å². The fraction of sp³-hybridized carbons (Fsp3) is 0.600. The molecule has 1 atom stereocenters. The minimum absolute atomic E-state index is 0.0139. The lowest BCUT2D eigenvalue weighted by Gasteiger charge is -2.27. The molecule has 0 radical (unpaired) electrons. The fourth-order valence-electron chi connectivity index (χ4n) is 1.40. The molecule has 0 spiro atoms. The zero-order valence-electron chi connectivity index (χ0n) is 10.1. The van der Waals surface area contributed by atoms with Gasteiger partial charge in [0.05, 0.1) is 13.2 Å². The molecule has 1 aliphatic rings. The molecule has 0 aliphatic carbocycles. The summed E-state index contributed by atoms with van der Waals surface area (Å²) in [7, 11) is 0. The lowest BCUT2D eigenvalue weighted by molar-refractivity contribution is -0.154. The van der Waals surface area contributed by atoms with E-state index in [9.17, 15) is 19.2 Å². The van der Waals surface area contributed by atoms with Gasteiger partial charge in [-0.2, -0.15) is 4.90 Å². The number of carbonyl (C=O) groups is 4. The van der Waals surface area contributed by atoms with Crippen LogP contribution >= 0.6 is 0 Å². The molecule has 100 valence electrons. The molecular formula is C10H14N2O6. The summed E-state index contributed by atoms with van der Waals surface area (Å²) >= 11 is 0. The molecule has 1 unspecified atom stereocenters. The van der Waals surface area contributed by atoms with Crippen molar-refractivity contribution in [3.05, 3.63) is 0 Å². The number of esters is 1. The van der Waals surface area contributed by atoms with Crippen LogP contribution in [0.25, 0.3) is 0 Å². The van der Waals surface area contributed by atoms with Gasteiger partial charge in [0.1, 0.15) is 0 Å². The van der Waals surface area contributed by atoms with Crippen molar-refractivity contribution in [1.82, 2.24) is 10.2 Å². The Morgan fingerprint density at radius 1 is 1.28 bits per heavy atom. The smallest absolute Gasteiger partial charge is 0.425 e. The summed E-state index contributed by atoms with van der Waals surface area (Å²) in [5, 5.41) is 2.26. The topological polar surface area (TPSA) is 102 Å². The maximum absolute atomic E-state index is 11.8. The van der Waals surface area contributed by atoms with Crippen molar-refractivity contribution < 1.29 is 28.7 Å². The van der Waals surface area contributed by atoms with Gasteiger partial charge in [0.25, 0.3) is 5.91 Å². The van der Waals surface area contributed by atoms with Crippen LogP contribution in [0.5, 0.6) is 0 Å². The van der Waals surface area contributed by atoms with E-state index in [-0.39, 0.29) is 24.7 Å². The van der Waals surface area contributed by atoms with E-state index in [1.807, 2.05) is 0 Å². The van der Waals surface area contributed by atoms with Crippen LogP contribution in [0, 0.1) is 5.92 Å². The molecule has 8 nitrogen and oxygen atoms in total. The van der Waals surface area contributed by atoms with Crippen molar-refractivity contribution in [2.24, 2.45) is 5.92 Å². The van der Waals surface area contributed by atoms with E-state index in [0.717, 1.165) is 0 Å². The molecule has 0 aromatic carbocycles. The summed E-state index contributed by atoms with van der Waals surface area (Å²) in [4.78, 5) is 46.4. The molecule has 0 aromatic heterocycles. The highest BCUT2D eigenvalue weighted by Gasteiger charge is 2.43. The lowest BCUT2D eigenvalue weighted by Crippen LogP contribution is -2.59. The predicted molar refractivity (Wildman–Crippen MR) is 57.4 cm³/mol. The zero-order valence-corrected chi connectivity index (χ0v) is 10.1. The standard InChI is InChI=1S/C10H14N2O6/c1-3-17-8(14)6-5-11-9(15)12(7(6)13)10(16)18-4-2/h6H,3-5H2,1-2H3,(H,11,15). The molecule has 18 heavy (non-hydrogen) atoms. The largest absolute Gasteiger partial charge is 0.465 e. The summed E-state index contributed by atoms with van der Waals surface area (Å²) < 4.78 is 9.25. The van der Waals surface area contributed by atoms with Crippen LogP contribution in [0.2, 0.25) is 0 Å². The van der Waals surface area contributed by atoms with Gasteiger partial charge in [0.15, 0.2) is 5.92 Å². The Balaban J connectivity index is 2.83. The van der Waals surface area contributed by atoms with Crippen LogP contribution in [0.3, 0.4) is 0 Å². The highest BCUT2D eigenvalue weighted by atomic mass is 16.6. The molecule has 1 rings (SSSR count). The van der Waals surface area contributed by atoms with Crippen LogP contribution < -0.4 is 5.32 Å². The quantitative estimate of drug-likeness (QED) is 0.559. The van der Waals surface area contributed by atoms with Gasteiger partial charge in [-0.25, -0.2) is 9.59 Å². The third-order valence-corrected chi connectivity index (χ3v) is 2.20. The molecular weight excluding hydrogens is 244 g/mol. The Bertz CT molecular complexity index is 381. The highest BCUT2D eigenvalue weighted by molar-refractivity contribution is 6.15. The SMILES string of the molecule is CCOC(=O)C1CNC(=O)N(C(=O)OCC)C1=O. The van der Waals surface area contributed by atoms with Gasteiger partial charge in [0.2, 0.25) is 0 Å². The van der Waals surface area contributed by atoms with Crippen LogP contribution in [0.4, 0.5) is 9.59 Å². The predicted octanol–water partition coefficient (Wildman–Crippen LogP) is -0.126. The molecule has 8 heteroatoms. The second-order valence-electron chi connectivity index (χ2n) is 3.36. The number of ether oxygens (including phenoxy) is 2. The lowest BCUT2D eigenvalue weighted by atomic mass is 10.1. The van der Waals surface area contributed by atoms with Gasteiger partial charge in [0, 0.05) is 6.54 Å². The van der Waals surface area contributed by atoms with Crippen molar-refractivity contribution in [3.63, 3.8) is 0 Å². The van der Waals surface area contributed by atoms with E-state index in [2.05, 4.69) is 14.8 Å². The maximum Gasteiger partial charge on any atom is 0.425 e. The van der Waals surface area contributed by atoms with Crippen molar-refractivity contribution in [2.75, 3.05) is 19.8 Å². The van der Waals surface area contributed by atoms with Crippen LogP contribution in [0.1, 0.15) is 13.8 Å². The van der Waals surface area contributed by atoms with Crippen molar-refractivity contribution in [2.45, 2.75) is 13.8 Å². The summed E-state index contributed by atoms with van der Waals surface area (Å²) in [5.74, 6) is -2.93. The van der Waals surface area contributed by atoms with E-state index in [4.69, 9.17) is 0 Å². The van der Waals surface area contributed by atoms with Gasteiger partial charge in [-0.3, -0.25) is 9.59 Å². The Morgan fingerprint density at radius 3 is 2.44 bits per heavy atom. The maximum atomic E-state index is 11.8. The average Bonchev–Trinajstić information content (AvgIpc) is 2.29. The van der Waals surface area contributed by atoms with E-state index in [1.54, 1.807) is 6.92 Å². The molecule has 0 aromatic rings. The molecule has 4 amide bonds. The van der Waals surface area contributed by atoms with E-state index < -0.39 is 29.9 Å². The highest BCUT2D eigenvalue weighted by Crippen LogP contribution is 2.12. The number of hydrogen-bond acceptors (Lipinski definition) is 6. The third-order valence-electron chi connectivity index (χ3n) is 2.20. The van der Waals surface area contributed by atoms with Crippen LogP contribution in [-0.2, 0) is 19.1 Å². The number of nitrogens with zero attached hydrogens (tertiary/aromatic N) is 1. The number of carbonyl (C=O) groups excluding carboxylic acids is 4. The number of hydrogen-bond donors (Lipinski definition) is 1. The normalized spacial score (nSPS) is 19.2. The second kappa shape index (κ2) is 5.99. The average molecular weight is 258 g/mol. The monoisotopic (exact) mass is 258 g/mol. The number of imide groups is 3. The van der Waals surface area contributed by atoms with E-state index in [1.165, 1.54) is 6.92 Å². The zero-order chi connectivity index (χ0) is 13.7. The minimum Gasteiger partial charge on any atom is -0.465 e. The van der Waals surface area contributed by atoms with Gasteiger partial charge in [-0.15, -0.1) is 0 Å². The van der Waals surface area contributed by atoms with Crippen molar-refractivity contribution in [3.8, 4) is 0 Å². The molecule has 1 heterocycles. The van der Waals surface area contributed by atoms with Gasteiger partial charge in [-0.1, -0.05) is 0 Å². The van der Waals surface area contributed by atoms with Gasteiger partial charge >= 0.3 is 18.1 Å². The molecule has 1 aliphatic heterocycles. The van der Waals surface area contributed by atoms with E-state index in [0.29, 0.717) is 0 Å². The van der Waals surface area contributed by atoms with Crippen molar-refractivity contribution >= 4 is 24.0 Å². The molecule has 1 saturated heterocycles. The third kappa shape index (κ3) is 2.76. The second-order valence-corrected chi connectivity index (χ2v) is 3.36. The van der Waals surface area contributed by atoms with Gasteiger partial charge in [-0.05, 0) is 13.8 Å². The Morgan fingerprint density at radius 2 is 1.89 bits per heavy atom. The molecule has 0 bridgehead atoms. The summed E-state index contributed by atoms with van der Waals surface area (Å²) in [5.41, 5.74) is 0. The minimum atomic E-state index is -1.22. The molecule has 1 fully saturated rings. The van der Waals surface area contributed by atoms with E-state index >= 15 is 0 Å². The molecule has 0 saturated carbocycles. The van der Waals surface area contributed by atoms with Crippen molar-refractivity contribution in [1.29, 1.82) is 0 Å². The first-order chi connectivity index (χ1) is 8.52. The first kappa shape index (κ1) is 13.9. The molecule has 1 N–H and O–H groups in total. The first-order valence-corrected chi connectivity index (χ1v) is 5.48. The Labute approximate surface area is 103 Å². The number of rotatable bonds is 3. The number of amides is 4.